The molecule has 0 bridgehead atoms. The molecule has 5 rings (SSSR count). The summed E-state index contributed by atoms with van der Waals surface area (Å²) in [6, 6.07) is 19.9. The van der Waals surface area contributed by atoms with E-state index in [0.29, 0.717) is 12.2 Å². The summed E-state index contributed by atoms with van der Waals surface area (Å²) in [5.41, 5.74) is 10.3. The first kappa shape index (κ1) is 20.3. The van der Waals surface area contributed by atoms with E-state index in [1.165, 1.54) is 10.8 Å². The molecule has 0 unspecified atom stereocenters. The lowest BCUT2D eigenvalue weighted by Crippen LogP contribution is -2.33. The fraction of sp³-hybridized carbons (Fsp3) is 0.259. The topological polar surface area (TPSA) is 81.4 Å². The van der Waals surface area contributed by atoms with Crippen molar-refractivity contribution in [2.24, 2.45) is 11.1 Å². The molecule has 1 heterocycles. The third-order valence-electron chi connectivity index (χ3n) is 6.33. The first-order valence-corrected chi connectivity index (χ1v) is 10.9. The van der Waals surface area contributed by atoms with Crippen molar-refractivity contribution in [3.05, 3.63) is 77.4 Å². The maximum Gasteiger partial charge on any atom is 0.255 e. The predicted octanol–water partition coefficient (Wildman–Crippen LogP) is 5.01. The van der Waals surface area contributed by atoms with Crippen LogP contribution in [0.5, 0.6) is 5.75 Å². The Hall–Kier alpha value is -3.60. The number of carbonyl (C=O) groups excluding carboxylic acids is 2. The average Bonchev–Trinajstić information content (AvgIpc) is 2.76. The second kappa shape index (κ2) is 7.52. The molecule has 1 amide bonds. The number of benzene rings is 3. The molecule has 3 aromatic carbocycles. The number of carbonyl (C=O) groups is 2. The fourth-order valence-electron chi connectivity index (χ4n) is 5.00. The Kier molecular flexibility index (Phi) is 4.77. The van der Waals surface area contributed by atoms with Gasteiger partial charge in [-0.2, -0.15) is 0 Å². The van der Waals surface area contributed by atoms with Crippen molar-refractivity contribution in [2.75, 3.05) is 11.9 Å². The van der Waals surface area contributed by atoms with Gasteiger partial charge in [-0.25, -0.2) is 0 Å². The Morgan fingerprint density at radius 1 is 1.06 bits per heavy atom. The van der Waals surface area contributed by atoms with Crippen LogP contribution in [0.15, 0.2) is 66.2 Å². The maximum atomic E-state index is 13.4. The summed E-state index contributed by atoms with van der Waals surface area (Å²) < 4.78 is 5.40. The molecule has 2 aliphatic rings. The van der Waals surface area contributed by atoms with E-state index in [0.717, 1.165) is 34.4 Å². The van der Waals surface area contributed by atoms with Crippen molar-refractivity contribution in [3.63, 3.8) is 0 Å². The molecule has 0 spiro atoms. The molecular weight excluding hydrogens is 400 g/mol. The van der Waals surface area contributed by atoms with E-state index >= 15 is 0 Å². The SMILES string of the molecule is CC1(C)CC(=O)C2=C(C1)c1c(ccc3ccccc13)N[C@@H]2c1ccc(OCC(N)=O)cc1. The zero-order chi connectivity index (χ0) is 22.5. The fourth-order valence-corrected chi connectivity index (χ4v) is 5.00. The molecule has 5 nitrogen and oxygen atoms in total. The molecule has 0 saturated heterocycles. The van der Waals surface area contributed by atoms with Crippen LogP contribution >= 0.6 is 0 Å². The van der Waals surface area contributed by atoms with Crippen molar-refractivity contribution in [3.8, 4) is 5.75 Å². The van der Waals surface area contributed by atoms with E-state index in [-0.39, 0.29) is 23.8 Å². The molecular formula is C27H26N2O3. The number of hydrogen-bond donors (Lipinski definition) is 2. The van der Waals surface area contributed by atoms with Crippen molar-refractivity contribution in [2.45, 2.75) is 32.7 Å². The minimum absolute atomic E-state index is 0.0848. The van der Waals surface area contributed by atoms with Crippen molar-refractivity contribution in [1.29, 1.82) is 0 Å². The van der Waals surface area contributed by atoms with Crippen LogP contribution in [-0.4, -0.2) is 18.3 Å². The first-order valence-electron chi connectivity index (χ1n) is 10.9. The van der Waals surface area contributed by atoms with Crippen LogP contribution < -0.4 is 15.8 Å². The summed E-state index contributed by atoms with van der Waals surface area (Å²) >= 11 is 0. The molecule has 0 saturated carbocycles. The molecule has 0 aromatic heterocycles. The summed E-state index contributed by atoms with van der Waals surface area (Å²) in [5, 5.41) is 5.98. The lowest BCUT2D eigenvalue weighted by atomic mass is 9.68. The Morgan fingerprint density at radius 3 is 2.56 bits per heavy atom. The number of hydrogen-bond acceptors (Lipinski definition) is 4. The number of primary amides is 1. The third kappa shape index (κ3) is 3.54. The van der Waals surface area contributed by atoms with Gasteiger partial charge < -0.3 is 15.8 Å². The van der Waals surface area contributed by atoms with E-state index in [9.17, 15) is 9.59 Å². The van der Waals surface area contributed by atoms with Crippen LogP contribution in [0.4, 0.5) is 5.69 Å². The summed E-state index contributed by atoms with van der Waals surface area (Å²) in [7, 11) is 0. The molecule has 32 heavy (non-hydrogen) atoms. The number of ether oxygens (including phenoxy) is 1. The van der Waals surface area contributed by atoms with Crippen LogP contribution in [-0.2, 0) is 9.59 Å². The standard InChI is InChI=1S/C27H26N2O3/c1-27(2)13-20-24-19-6-4-3-5-16(19)9-12-21(24)29-26(25(20)22(30)14-27)17-7-10-18(11-8-17)32-15-23(28)31/h3-12,26,29H,13-15H2,1-2H3,(H2,28,31)/t26-/m1/s1. The molecule has 1 atom stereocenters. The van der Waals surface area contributed by atoms with Gasteiger partial charge in [0.15, 0.2) is 12.4 Å². The minimum atomic E-state index is -0.517. The molecule has 1 aliphatic heterocycles. The van der Waals surface area contributed by atoms with Crippen molar-refractivity contribution < 1.29 is 14.3 Å². The molecule has 162 valence electrons. The van der Waals surface area contributed by atoms with Gasteiger partial charge >= 0.3 is 0 Å². The van der Waals surface area contributed by atoms with Gasteiger partial charge in [0, 0.05) is 23.2 Å². The van der Waals surface area contributed by atoms with E-state index in [1.807, 2.05) is 30.3 Å². The van der Waals surface area contributed by atoms with Gasteiger partial charge in [0.2, 0.25) is 0 Å². The number of ketones is 1. The van der Waals surface area contributed by atoms with Crippen LogP contribution in [0.3, 0.4) is 0 Å². The van der Waals surface area contributed by atoms with Crippen molar-refractivity contribution in [1.82, 2.24) is 0 Å². The highest BCUT2D eigenvalue weighted by Gasteiger charge is 2.40. The Morgan fingerprint density at radius 2 is 1.81 bits per heavy atom. The van der Waals surface area contributed by atoms with E-state index in [4.69, 9.17) is 10.5 Å². The van der Waals surface area contributed by atoms with Crippen LogP contribution in [0.1, 0.15) is 43.9 Å². The van der Waals surface area contributed by atoms with Gasteiger partial charge in [-0.1, -0.05) is 56.3 Å². The summed E-state index contributed by atoms with van der Waals surface area (Å²) in [4.78, 5) is 24.4. The highest BCUT2D eigenvalue weighted by Crippen LogP contribution is 2.52. The molecule has 0 radical (unpaired) electrons. The average molecular weight is 427 g/mol. The van der Waals surface area contributed by atoms with Gasteiger partial charge in [0.05, 0.1) is 6.04 Å². The molecule has 1 aliphatic carbocycles. The predicted molar refractivity (Wildman–Crippen MR) is 126 cm³/mol. The van der Waals surface area contributed by atoms with E-state index in [1.54, 1.807) is 0 Å². The van der Waals surface area contributed by atoms with Gasteiger partial charge in [0.25, 0.3) is 5.91 Å². The minimum Gasteiger partial charge on any atom is -0.484 e. The highest BCUT2D eigenvalue weighted by molar-refractivity contribution is 6.12. The number of nitrogens with one attached hydrogen (secondary N) is 1. The Balaban J connectivity index is 1.63. The number of rotatable bonds is 4. The lowest BCUT2D eigenvalue weighted by molar-refractivity contribution is -0.120. The van der Waals surface area contributed by atoms with Gasteiger partial charge in [0.1, 0.15) is 5.75 Å². The number of nitrogens with two attached hydrogens (primary N) is 1. The molecule has 0 fully saturated rings. The van der Waals surface area contributed by atoms with Gasteiger partial charge in [-0.05, 0) is 51.9 Å². The van der Waals surface area contributed by atoms with E-state index in [2.05, 4.69) is 49.5 Å². The number of fused-ring (bicyclic) bond motifs is 4. The summed E-state index contributed by atoms with van der Waals surface area (Å²) in [5.74, 6) is 0.249. The Labute approximate surface area is 187 Å². The number of allylic oxidation sites excluding steroid dienone is 1. The molecule has 3 N–H and O–H groups in total. The van der Waals surface area contributed by atoms with Gasteiger partial charge in [-0.15, -0.1) is 0 Å². The Bertz CT molecular complexity index is 1270. The smallest absolute Gasteiger partial charge is 0.255 e. The van der Waals surface area contributed by atoms with Crippen molar-refractivity contribution >= 4 is 33.7 Å². The third-order valence-corrected chi connectivity index (χ3v) is 6.33. The van der Waals surface area contributed by atoms with Crippen LogP contribution in [0, 0.1) is 5.41 Å². The number of anilines is 1. The van der Waals surface area contributed by atoms with Gasteiger partial charge in [-0.3, -0.25) is 9.59 Å². The normalized spacial score (nSPS) is 19.2. The summed E-state index contributed by atoms with van der Waals surface area (Å²) in [6.07, 6.45) is 1.39. The van der Waals surface area contributed by atoms with Crippen LogP contribution in [0.25, 0.3) is 16.3 Å². The largest absolute Gasteiger partial charge is 0.484 e. The monoisotopic (exact) mass is 426 g/mol. The molecule has 3 aromatic rings. The lowest BCUT2D eigenvalue weighted by Gasteiger charge is -2.40. The zero-order valence-corrected chi connectivity index (χ0v) is 18.3. The first-order chi connectivity index (χ1) is 15.3. The zero-order valence-electron chi connectivity index (χ0n) is 18.3. The maximum absolute atomic E-state index is 13.4. The number of Topliss-reactive ketones (excluding diaryl/α,β-unsaturated/α-hetero) is 1. The quantitative estimate of drug-likeness (QED) is 0.614. The highest BCUT2D eigenvalue weighted by atomic mass is 16.5. The second-order valence-corrected chi connectivity index (χ2v) is 9.44. The second-order valence-electron chi connectivity index (χ2n) is 9.44. The van der Waals surface area contributed by atoms with Crippen LogP contribution in [0.2, 0.25) is 0 Å². The molecule has 5 heteroatoms. The summed E-state index contributed by atoms with van der Waals surface area (Å²) in [6.45, 7) is 4.17. The van der Waals surface area contributed by atoms with E-state index < -0.39 is 5.91 Å². The number of amides is 1.